The zero-order valence-electron chi connectivity index (χ0n) is 64.0. The molecule has 6 aliphatic rings. The molecule has 0 bridgehead atoms. The Labute approximate surface area is 634 Å². The van der Waals surface area contributed by atoms with E-state index in [1.54, 1.807) is 22.3 Å². The molecule has 0 saturated heterocycles. The molecule has 532 valence electrons. The van der Waals surface area contributed by atoms with E-state index in [0.717, 1.165) is 45.6 Å². The fourth-order valence-corrected chi connectivity index (χ4v) is 18.6. The van der Waals surface area contributed by atoms with Gasteiger partial charge in [-0.05, 0) is 218 Å². The van der Waals surface area contributed by atoms with Crippen LogP contribution in [0.25, 0.3) is 111 Å². The summed E-state index contributed by atoms with van der Waals surface area (Å²) in [6.45, 7) is 30.1. The van der Waals surface area contributed by atoms with Crippen LogP contribution in [-0.2, 0) is 71.2 Å². The van der Waals surface area contributed by atoms with Crippen molar-refractivity contribution >= 4 is 54.4 Å². The molecule has 107 heavy (non-hydrogen) atoms. The minimum absolute atomic E-state index is 0. The van der Waals surface area contributed by atoms with Crippen LogP contribution in [0.3, 0.4) is 0 Å². The zero-order chi connectivity index (χ0) is 72.6. The first-order valence-electron chi connectivity index (χ1n) is 39.3. The standard InChI is InChI=1S/C24H28N.C20H18N.C20H20N.C19H18N.C18H16N.CH4/c1-16(2)11-18-13-20(12-17(3)4)22-15-25-23-8-6-5-7-19(23)9-10-24(25)21(22)14-18;1-12-9-13(2)17-11-21-18-6-4-3-5-14(18)10-15-7-8-16(12)19(17)20(15)21;1-14(2)11-15-7-8-17-13-21-19-6-4-3-5-16(19)9-10-20(21)18(17)12-15;1-2-5-14-8-9-16-13-20-18-7-4-3-6-15(18)10-11-19(20)17(16)12-14;1-12-9-13(2)17-11-19-8-7-14-5-3-4-6-15(14)18(19)16(17)10-12;/h5-10,13-14,16-17H,11-12,15H2,1-4H3;3-6,9-10H,7-8,11H2,1-2H3;3-10,12,14H,11,13H2,1-2H3;3-4,6-12H,2,5,13H2,1H3;3-10H,11H2,1-2H3;1H4/q5*+1;. The van der Waals surface area contributed by atoms with Crippen molar-refractivity contribution < 1.29 is 22.8 Å². The van der Waals surface area contributed by atoms with Crippen molar-refractivity contribution in [2.75, 3.05) is 0 Å². The molecule has 15 aromatic rings. The summed E-state index contributed by atoms with van der Waals surface area (Å²) in [5.41, 5.74) is 41.8. The van der Waals surface area contributed by atoms with Crippen LogP contribution in [0.5, 0.6) is 0 Å². The van der Waals surface area contributed by atoms with E-state index >= 15 is 0 Å². The van der Waals surface area contributed by atoms with E-state index in [4.69, 9.17) is 0 Å². The minimum Gasteiger partial charge on any atom is -0.193 e. The number of benzene rings is 10. The number of aromatic nitrogens is 5. The highest BCUT2D eigenvalue weighted by atomic mass is 15.0. The number of hydrogen-bond acceptors (Lipinski definition) is 0. The number of aryl methyl sites for hydroxylation is 6. The van der Waals surface area contributed by atoms with Crippen molar-refractivity contribution in [3.05, 3.63) is 326 Å². The molecule has 10 aromatic carbocycles. The van der Waals surface area contributed by atoms with Crippen molar-refractivity contribution in [2.24, 2.45) is 17.8 Å². The monoisotopic (exact) mass is 1400 g/mol. The third-order valence-corrected chi connectivity index (χ3v) is 23.3. The smallest absolute Gasteiger partial charge is 0.193 e. The Morgan fingerprint density at radius 2 is 0.832 bits per heavy atom. The first-order chi connectivity index (χ1) is 51.6. The second-order valence-electron chi connectivity index (χ2n) is 32.4. The summed E-state index contributed by atoms with van der Waals surface area (Å²) in [5.74, 6) is 2.08. The van der Waals surface area contributed by atoms with Gasteiger partial charge in [-0.3, -0.25) is 0 Å². The van der Waals surface area contributed by atoms with Gasteiger partial charge in [0.2, 0.25) is 50.5 Å². The molecule has 0 atom stereocenters. The average molecular weight is 1400 g/mol. The molecule has 0 N–H and O–H groups in total. The summed E-state index contributed by atoms with van der Waals surface area (Å²) >= 11 is 0. The van der Waals surface area contributed by atoms with Gasteiger partial charge in [-0.25, -0.2) is 0 Å². The first kappa shape index (κ1) is 70.6. The Balaban J connectivity index is 0.000000102. The van der Waals surface area contributed by atoms with Gasteiger partial charge in [0.15, 0.2) is 38.9 Å². The highest BCUT2D eigenvalue weighted by Gasteiger charge is 2.39. The molecule has 5 aromatic heterocycles. The maximum absolute atomic E-state index is 2.55. The van der Waals surface area contributed by atoms with Crippen LogP contribution in [-0.4, -0.2) is 0 Å². The summed E-state index contributed by atoms with van der Waals surface area (Å²) in [6, 6.07) is 87.6. The Kier molecular flexibility index (Phi) is 19.2. The highest BCUT2D eigenvalue weighted by Crippen LogP contribution is 2.43. The zero-order valence-corrected chi connectivity index (χ0v) is 64.0. The lowest BCUT2D eigenvalue weighted by Crippen LogP contribution is -2.35. The molecule has 21 rings (SSSR count). The maximum atomic E-state index is 2.55. The third-order valence-electron chi connectivity index (χ3n) is 23.3. The molecule has 5 nitrogen and oxygen atoms in total. The predicted molar refractivity (Wildman–Crippen MR) is 446 cm³/mol. The van der Waals surface area contributed by atoms with E-state index in [0.29, 0.717) is 17.8 Å². The molecule has 0 radical (unpaired) electrons. The van der Waals surface area contributed by atoms with Crippen LogP contribution in [0.15, 0.2) is 243 Å². The van der Waals surface area contributed by atoms with Gasteiger partial charge in [-0.15, -0.1) is 0 Å². The van der Waals surface area contributed by atoms with Crippen LogP contribution in [0.1, 0.15) is 146 Å². The van der Waals surface area contributed by atoms with Gasteiger partial charge in [0, 0.05) is 103 Å². The van der Waals surface area contributed by atoms with Crippen LogP contribution in [0, 0.1) is 45.4 Å². The Morgan fingerprint density at radius 1 is 0.336 bits per heavy atom. The van der Waals surface area contributed by atoms with E-state index < -0.39 is 0 Å². The quantitative estimate of drug-likeness (QED) is 0.135. The lowest BCUT2D eigenvalue weighted by atomic mass is 9.83. The van der Waals surface area contributed by atoms with Gasteiger partial charge in [-0.1, -0.05) is 172 Å². The molecule has 0 fully saturated rings. The van der Waals surface area contributed by atoms with E-state index in [9.17, 15) is 0 Å². The summed E-state index contributed by atoms with van der Waals surface area (Å²) in [7, 11) is 0. The van der Waals surface area contributed by atoms with Crippen LogP contribution < -0.4 is 22.8 Å². The Bertz CT molecular complexity index is 6020. The topological polar surface area (TPSA) is 19.4 Å². The fraction of sp³-hybridized carbons (Fsp3) is 0.265. The van der Waals surface area contributed by atoms with Gasteiger partial charge in [-0.2, -0.15) is 22.8 Å². The van der Waals surface area contributed by atoms with Gasteiger partial charge in [0.05, 0.1) is 33.2 Å². The maximum Gasteiger partial charge on any atom is 0.221 e. The lowest BCUT2D eigenvalue weighted by molar-refractivity contribution is -0.671. The molecule has 10 heterocycles. The molecule has 0 amide bonds. The number of nitrogens with zero attached hydrogens (tertiary/aromatic N) is 5. The lowest BCUT2D eigenvalue weighted by Gasteiger charge is -2.18. The second kappa shape index (κ2) is 29.2. The molecule has 5 aliphatic heterocycles. The number of para-hydroxylation sites is 4. The van der Waals surface area contributed by atoms with Crippen LogP contribution >= 0.6 is 0 Å². The molecule has 1 aliphatic carbocycles. The Hall–Kier alpha value is -10.8. The molecule has 5 heteroatoms. The van der Waals surface area contributed by atoms with Crippen molar-refractivity contribution in [1.82, 2.24) is 0 Å². The highest BCUT2D eigenvalue weighted by molar-refractivity contribution is 5.95. The van der Waals surface area contributed by atoms with E-state index in [1.165, 1.54) is 204 Å². The molecule has 0 saturated carbocycles. The van der Waals surface area contributed by atoms with Crippen molar-refractivity contribution in [3.8, 4) is 56.3 Å². The molecular formula is C102H104N5+5. The normalized spacial score (nSPS) is 12.9. The van der Waals surface area contributed by atoms with Gasteiger partial charge in [0.1, 0.15) is 0 Å². The first-order valence-corrected chi connectivity index (χ1v) is 39.3. The molecule has 0 unspecified atom stereocenters. The number of hydrogen-bond donors (Lipinski definition) is 0. The van der Waals surface area contributed by atoms with Crippen LogP contribution in [0.2, 0.25) is 0 Å². The predicted octanol–water partition coefficient (Wildman–Crippen LogP) is 22.3. The van der Waals surface area contributed by atoms with Gasteiger partial charge >= 0.3 is 0 Å². The molecule has 0 spiro atoms. The van der Waals surface area contributed by atoms with E-state index in [-0.39, 0.29) is 7.43 Å². The van der Waals surface area contributed by atoms with Crippen molar-refractivity contribution in [3.63, 3.8) is 0 Å². The largest absolute Gasteiger partial charge is 0.221 e. The summed E-state index contributed by atoms with van der Waals surface area (Å²) in [6.07, 6.45) is 10.4. The SMILES string of the molecule is C.CC(C)Cc1cc(CC(C)C)c2c(c1)-c1ccc3ccccc3[n+]1C2.CC(C)Cc1ccc2c(c1)-c1ccc3ccccc3[n+]1C2.CCCc1ccc2c(c1)-c1ccc3ccccc3[n+]1C2.Cc1cc(C)c2c(c1)-c1c3ccccc3cc[n+]1C2.Cc1cc(C)c2c3c1CCc1cc4ccccc4[n+](c1-3)C2. The Morgan fingerprint density at radius 3 is 1.44 bits per heavy atom. The van der Waals surface area contributed by atoms with Crippen molar-refractivity contribution in [2.45, 2.75) is 161 Å². The second-order valence-corrected chi connectivity index (χ2v) is 32.4. The summed E-state index contributed by atoms with van der Waals surface area (Å²) < 4.78 is 12.3. The average Bonchev–Trinajstić information content (AvgIpc) is 1.59. The fourth-order valence-electron chi connectivity index (χ4n) is 18.6. The van der Waals surface area contributed by atoms with Gasteiger partial charge < -0.3 is 0 Å². The minimum atomic E-state index is 0. The van der Waals surface area contributed by atoms with E-state index in [2.05, 4.69) is 342 Å². The number of fused-ring (bicyclic) bond motifs is 22. The third kappa shape index (κ3) is 13.2. The van der Waals surface area contributed by atoms with Crippen molar-refractivity contribution in [1.29, 1.82) is 0 Å². The molecular weight excluding hydrogens is 1300 g/mol. The van der Waals surface area contributed by atoms with Crippen LogP contribution in [0.4, 0.5) is 0 Å². The summed E-state index contributed by atoms with van der Waals surface area (Å²) in [5, 5.41) is 8.01. The van der Waals surface area contributed by atoms with E-state index in [1.807, 2.05) is 0 Å². The summed E-state index contributed by atoms with van der Waals surface area (Å²) in [4.78, 5) is 0. The number of pyridine rings is 5. The van der Waals surface area contributed by atoms with Gasteiger partial charge in [0.25, 0.3) is 0 Å². The number of rotatable bonds is 8.